The van der Waals surface area contributed by atoms with Crippen molar-refractivity contribution in [3.05, 3.63) is 112 Å². The number of nitrogens with one attached hydrogen (secondary N) is 3. The Bertz CT molecular complexity index is 1550. The van der Waals surface area contributed by atoms with Gasteiger partial charge in [0.1, 0.15) is 17.0 Å². The van der Waals surface area contributed by atoms with Crippen molar-refractivity contribution >= 4 is 29.3 Å². The minimum Gasteiger partial charge on any atom is -0.451 e. The van der Waals surface area contributed by atoms with E-state index in [0.717, 1.165) is 22.3 Å². The van der Waals surface area contributed by atoms with Gasteiger partial charge < -0.3 is 25.8 Å². The van der Waals surface area contributed by atoms with Crippen LogP contribution in [-0.4, -0.2) is 33.6 Å². The Morgan fingerprint density at radius 2 is 1.80 bits per heavy atom. The van der Waals surface area contributed by atoms with Gasteiger partial charge in [0.25, 0.3) is 5.91 Å². The van der Waals surface area contributed by atoms with Crippen LogP contribution in [-0.2, 0) is 16.9 Å². The summed E-state index contributed by atoms with van der Waals surface area (Å²) in [5.41, 5.74) is 4.36. The third kappa shape index (κ3) is 5.64. The van der Waals surface area contributed by atoms with Crippen molar-refractivity contribution in [3.63, 3.8) is 0 Å². The molecule has 0 radical (unpaired) electrons. The van der Waals surface area contributed by atoms with Gasteiger partial charge >= 0.3 is 5.97 Å². The minimum atomic E-state index is -0.749. The molecule has 1 aliphatic heterocycles. The van der Waals surface area contributed by atoms with Gasteiger partial charge in [-0.25, -0.2) is 9.78 Å². The molecule has 0 bridgehead atoms. The highest BCUT2D eigenvalue weighted by atomic mass is 16.6. The van der Waals surface area contributed by atoms with Crippen LogP contribution in [0.25, 0.3) is 0 Å². The summed E-state index contributed by atoms with van der Waals surface area (Å²) in [6, 6.07) is 22.1. The lowest BCUT2D eigenvalue weighted by Crippen LogP contribution is -2.26. The van der Waals surface area contributed by atoms with Crippen molar-refractivity contribution in [2.24, 2.45) is 0 Å². The maximum atomic E-state index is 13.3. The first-order valence-electron chi connectivity index (χ1n) is 13.0. The van der Waals surface area contributed by atoms with Crippen LogP contribution in [0.5, 0.6) is 0 Å². The van der Waals surface area contributed by atoms with Crippen LogP contribution in [0, 0.1) is 6.92 Å². The number of hydrogen-bond acceptors (Lipinski definition) is 8. The third-order valence-electron chi connectivity index (χ3n) is 6.92. The number of aliphatic hydroxyl groups excluding tert-OH is 1. The van der Waals surface area contributed by atoms with Crippen LogP contribution in [0.1, 0.15) is 62.9 Å². The summed E-state index contributed by atoms with van der Waals surface area (Å²) in [7, 11) is 0. The number of ether oxygens (including phenoxy) is 1. The average molecular weight is 538 g/mol. The fraction of sp³-hybridized carbons (Fsp3) is 0.226. The molecule has 40 heavy (non-hydrogen) atoms. The fourth-order valence-electron chi connectivity index (χ4n) is 4.65. The number of cyclic esters (lactones) is 1. The fourth-order valence-corrected chi connectivity index (χ4v) is 4.65. The van der Waals surface area contributed by atoms with E-state index < -0.39 is 11.6 Å². The zero-order valence-corrected chi connectivity index (χ0v) is 22.6. The molecule has 0 saturated carbocycles. The second-order valence-corrected chi connectivity index (χ2v) is 10.1. The van der Waals surface area contributed by atoms with Crippen LogP contribution in [0.15, 0.2) is 79.0 Å². The van der Waals surface area contributed by atoms with Crippen molar-refractivity contribution < 1.29 is 19.4 Å². The summed E-state index contributed by atoms with van der Waals surface area (Å²) < 4.78 is 5.47. The molecule has 1 aromatic heterocycles. The molecule has 5 rings (SSSR count). The van der Waals surface area contributed by atoms with Crippen molar-refractivity contribution in [2.45, 2.75) is 39.0 Å². The molecule has 1 atom stereocenters. The molecule has 4 aromatic rings. The topological polar surface area (TPSA) is 125 Å². The highest BCUT2D eigenvalue weighted by Crippen LogP contribution is 2.37. The van der Waals surface area contributed by atoms with E-state index in [1.807, 2.05) is 81.4 Å². The molecule has 1 amide bonds. The molecule has 4 N–H and O–H groups in total. The number of anilines is 3. The zero-order valence-electron chi connectivity index (χ0n) is 22.6. The van der Waals surface area contributed by atoms with E-state index in [9.17, 15) is 14.7 Å². The summed E-state index contributed by atoms with van der Waals surface area (Å²) in [6.45, 7) is 5.80. The Morgan fingerprint density at radius 3 is 2.55 bits per heavy atom. The maximum Gasteiger partial charge on any atom is 0.339 e. The molecule has 0 aliphatic carbocycles. The van der Waals surface area contributed by atoms with Gasteiger partial charge in [0.15, 0.2) is 0 Å². The second-order valence-electron chi connectivity index (χ2n) is 10.1. The summed E-state index contributed by atoms with van der Waals surface area (Å²) in [6.07, 6.45) is 1.45. The van der Waals surface area contributed by atoms with Crippen molar-refractivity contribution in [1.29, 1.82) is 0 Å². The third-order valence-corrected chi connectivity index (χ3v) is 6.92. The molecule has 9 heteroatoms. The normalized spacial score (nSPS) is 14.2. The van der Waals surface area contributed by atoms with Crippen LogP contribution < -0.4 is 16.0 Å². The largest absolute Gasteiger partial charge is 0.451 e. The molecule has 3 aromatic carbocycles. The first-order valence-corrected chi connectivity index (χ1v) is 13.0. The summed E-state index contributed by atoms with van der Waals surface area (Å²) in [5.74, 6) is -0.198. The first-order chi connectivity index (χ1) is 19.2. The number of hydrogen-bond donors (Lipinski definition) is 4. The van der Waals surface area contributed by atoms with Crippen molar-refractivity contribution in [2.75, 3.05) is 17.2 Å². The Balaban J connectivity index is 1.44. The van der Waals surface area contributed by atoms with Gasteiger partial charge in [0.05, 0.1) is 18.2 Å². The predicted molar refractivity (Wildman–Crippen MR) is 152 cm³/mol. The molecule has 0 saturated heterocycles. The van der Waals surface area contributed by atoms with E-state index in [0.29, 0.717) is 17.8 Å². The predicted octanol–water partition coefficient (Wildman–Crippen LogP) is 5.01. The van der Waals surface area contributed by atoms with E-state index in [1.165, 1.54) is 6.20 Å². The lowest BCUT2D eigenvalue weighted by molar-refractivity contribution is 0.00953. The number of amides is 1. The maximum absolute atomic E-state index is 13.3. The molecule has 1 aliphatic rings. The van der Waals surface area contributed by atoms with Crippen molar-refractivity contribution in [3.8, 4) is 0 Å². The van der Waals surface area contributed by atoms with Crippen LogP contribution in [0.4, 0.5) is 17.5 Å². The van der Waals surface area contributed by atoms with Crippen LogP contribution in [0.3, 0.4) is 0 Å². The van der Waals surface area contributed by atoms with Gasteiger partial charge in [0, 0.05) is 24.0 Å². The standard InChI is InChI=1S/C31H31N5O4/c1-19-9-7-8-12-21(19)16-32-28(38)24-17-33-30(36-27(24)35-26(18-37)20-10-5-4-6-11-20)34-22-13-14-23-25(15-22)31(2,3)40-29(23)39/h4-15,17,26,37H,16,18H2,1-3H3,(H,32,38)(H2,33,34,35,36). The second kappa shape index (κ2) is 11.2. The average Bonchev–Trinajstić information content (AvgIpc) is 3.18. The first kappa shape index (κ1) is 26.8. The van der Waals surface area contributed by atoms with E-state index in [-0.39, 0.29) is 35.8 Å². The number of carbonyl (C=O) groups is 2. The molecule has 0 fully saturated rings. The van der Waals surface area contributed by atoms with Gasteiger partial charge in [-0.1, -0.05) is 54.6 Å². The van der Waals surface area contributed by atoms with Gasteiger partial charge in [-0.3, -0.25) is 4.79 Å². The van der Waals surface area contributed by atoms with E-state index in [1.54, 1.807) is 12.1 Å². The number of carbonyl (C=O) groups excluding carboxylic acids is 2. The monoisotopic (exact) mass is 537 g/mol. The summed E-state index contributed by atoms with van der Waals surface area (Å²) in [4.78, 5) is 34.5. The van der Waals surface area contributed by atoms with Gasteiger partial charge in [-0.05, 0) is 55.7 Å². The molecule has 2 heterocycles. The Morgan fingerprint density at radius 1 is 1.05 bits per heavy atom. The van der Waals surface area contributed by atoms with E-state index in [2.05, 4.69) is 25.9 Å². The van der Waals surface area contributed by atoms with Gasteiger partial charge in [0.2, 0.25) is 5.95 Å². The van der Waals surface area contributed by atoms with E-state index >= 15 is 0 Å². The highest BCUT2D eigenvalue weighted by Gasteiger charge is 2.37. The molecule has 9 nitrogen and oxygen atoms in total. The number of benzene rings is 3. The Hall–Kier alpha value is -4.76. The summed E-state index contributed by atoms with van der Waals surface area (Å²) in [5, 5.41) is 19.5. The van der Waals surface area contributed by atoms with Crippen LogP contribution >= 0.6 is 0 Å². The number of esters is 1. The lowest BCUT2D eigenvalue weighted by atomic mass is 9.95. The lowest BCUT2D eigenvalue weighted by Gasteiger charge is -2.20. The smallest absolute Gasteiger partial charge is 0.339 e. The number of nitrogens with zero attached hydrogens (tertiary/aromatic N) is 2. The number of fused-ring (bicyclic) bond motifs is 1. The van der Waals surface area contributed by atoms with Crippen LogP contribution in [0.2, 0.25) is 0 Å². The summed E-state index contributed by atoms with van der Waals surface area (Å²) >= 11 is 0. The van der Waals surface area contributed by atoms with Crippen molar-refractivity contribution in [1.82, 2.24) is 15.3 Å². The highest BCUT2D eigenvalue weighted by molar-refractivity contribution is 5.99. The minimum absolute atomic E-state index is 0.213. The van der Waals surface area contributed by atoms with Gasteiger partial charge in [-0.2, -0.15) is 4.98 Å². The number of aryl methyl sites for hydroxylation is 1. The Labute approximate surface area is 232 Å². The SMILES string of the molecule is Cc1ccccc1CNC(=O)c1cnc(Nc2ccc3c(c2)C(C)(C)OC3=O)nc1NC(CO)c1ccccc1. The number of aliphatic hydroxyl groups is 1. The zero-order chi connectivity index (χ0) is 28.3. The molecule has 0 spiro atoms. The Kier molecular flexibility index (Phi) is 7.48. The van der Waals surface area contributed by atoms with Gasteiger partial charge in [-0.15, -0.1) is 0 Å². The number of aromatic nitrogens is 2. The van der Waals surface area contributed by atoms with E-state index in [4.69, 9.17) is 4.74 Å². The number of rotatable bonds is 9. The molecule has 1 unspecified atom stereocenters. The molecular weight excluding hydrogens is 506 g/mol. The molecular formula is C31H31N5O4. The quantitative estimate of drug-likeness (QED) is 0.220. The molecule has 204 valence electrons.